The first-order chi connectivity index (χ1) is 15.2. The third-order valence-corrected chi connectivity index (χ3v) is 5.69. The van der Waals surface area contributed by atoms with Gasteiger partial charge in [0.1, 0.15) is 11.5 Å². The van der Waals surface area contributed by atoms with Crippen molar-refractivity contribution in [2.45, 2.75) is 12.5 Å². The maximum atomic E-state index is 13.3. The van der Waals surface area contributed by atoms with Crippen molar-refractivity contribution in [3.8, 4) is 11.5 Å². The quantitative estimate of drug-likeness (QED) is 0.477. The number of carbonyl (C=O) groups excluding carboxylic acids is 1. The summed E-state index contributed by atoms with van der Waals surface area (Å²) in [6, 6.07) is 25.3. The van der Waals surface area contributed by atoms with Crippen LogP contribution in [0, 0.1) is 0 Å². The molecule has 1 unspecified atom stereocenters. The molecule has 0 N–H and O–H groups in total. The van der Waals surface area contributed by atoms with E-state index in [9.17, 15) is 4.79 Å². The van der Waals surface area contributed by atoms with E-state index in [1.54, 1.807) is 0 Å². The third-order valence-electron chi connectivity index (χ3n) is 5.69. The SMILES string of the molecule is Cn1cc(C2CN(C(=O)c3ccc(Oc4ccccc4)cc3)Cc3ccccc32)cn1. The van der Waals surface area contributed by atoms with E-state index in [0.29, 0.717) is 24.4 Å². The number of rotatable bonds is 4. The number of aryl methyl sites for hydroxylation is 1. The van der Waals surface area contributed by atoms with E-state index in [1.807, 2.05) is 89.7 Å². The second-order valence-electron chi connectivity index (χ2n) is 7.82. The summed E-state index contributed by atoms with van der Waals surface area (Å²) in [6.45, 7) is 1.23. The lowest BCUT2D eigenvalue weighted by Crippen LogP contribution is -2.38. The topological polar surface area (TPSA) is 47.4 Å². The number of aromatic nitrogens is 2. The molecule has 0 saturated heterocycles. The fraction of sp³-hybridized carbons (Fsp3) is 0.154. The highest BCUT2D eigenvalue weighted by Crippen LogP contribution is 2.34. The van der Waals surface area contributed by atoms with Crippen molar-refractivity contribution < 1.29 is 9.53 Å². The van der Waals surface area contributed by atoms with Gasteiger partial charge < -0.3 is 9.64 Å². The lowest BCUT2D eigenvalue weighted by molar-refractivity contribution is 0.0725. The highest BCUT2D eigenvalue weighted by atomic mass is 16.5. The van der Waals surface area contributed by atoms with Crippen molar-refractivity contribution >= 4 is 5.91 Å². The minimum Gasteiger partial charge on any atom is -0.457 e. The summed E-state index contributed by atoms with van der Waals surface area (Å²) in [7, 11) is 1.92. The van der Waals surface area contributed by atoms with Gasteiger partial charge in [0.15, 0.2) is 0 Å². The average molecular weight is 409 g/mol. The number of ether oxygens (including phenoxy) is 1. The monoisotopic (exact) mass is 409 g/mol. The standard InChI is InChI=1S/C26H23N3O2/c1-28-16-21(15-27-28)25-18-29(17-20-7-5-6-10-24(20)25)26(30)19-11-13-23(14-12-19)31-22-8-3-2-4-9-22/h2-16,25H,17-18H2,1H3. The van der Waals surface area contributed by atoms with Crippen molar-refractivity contribution in [1.82, 2.24) is 14.7 Å². The first kappa shape index (κ1) is 19.1. The van der Waals surface area contributed by atoms with Crippen LogP contribution in [0.1, 0.15) is 33.0 Å². The van der Waals surface area contributed by atoms with Crippen molar-refractivity contribution in [3.63, 3.8) is 0 Å². The molecule has 31 heavy (non-hydrogen) atoms. The molecule has 5 rings (SSSR count). The van der Waals surface area contributed by atoms with Crippen molar-refractivity contribution in [1.29, 1.82) is 0 Å². The van der Waals surface area contributed by atoms with E-state index >= 15 is 0 Å². The van der Waals surface area contributed by atoms with Crippen LogP contribution in [-0.2, 0) is 13.6 Å². The lowest BCUT2D eigenvalue weighted by Gasteiger charge is -2.34. The molecule has 154 valence electrons. The summed E-state index contributed by atoms with van der Waals surface area (Å²) in [6.07, 6.45) is 3.93. The van der Waals surface area contributed by atoms with Crippen molar-refractivity contribution in [2.24, 2.45) is 7.05 Å². The Labute approximate surface area is 181 Å². The van der Waals surface area contributed by atoms with Gasteiger partial charge in [-0.3, -0.25) is 9.48 Å². The number of benzene rings is 3. The van der Waals surface area contributed by atoms with E-state index in [0.717, 1.165) is 11.3 Å². The largest absolute Gasteiger partial charge is 0.457 e. The zero-order valence-corrected chi connectivity index (χ0v) is 17.3. The highest BCUT2D eigenvalue weighted by molar-refractivity contribution is 5.94. The van der Waals surface area contributed by atoms with E-state index < -0.39 is 0 Å². The zero-order chi connectivity index (χ0) is 21.2. The Hall–Kier alpha value is -3.86. The van der Waals surface area contributed by atoms with Gasteiger partial charge >= 0.3 is 0 Å². The molecule has 0 saturated carbocycles. The molecule has 1 amide bonds. The van der Waals surface area contributed by atoms with Crippen molar-refractivity contribution in [3.05, 3.63) is 114 Å². The van der Waals surface area contributed by atoms with Gasteiger partial charge in [-0.25, -0.2) is 0 Å². The Morgan fingerprint density at radius 2 is 1.65 bits per heavy atom. The minimum absolute atomic E-state index is 0.0228. The number of para-hydroxylation sites is 1. The number of hydrogen-bond donors (Lipinski definition) is 0. The normalized spacial score (nSPS) is 15.4. The molecule has 1 aromatic heterocycles. The van der Waals surface area contributed by atoms with Crippen LogP contribution in [0.5, 0.6) is 11.5 Å². The van der Waals surface area contributed by atoms with Gasteiger partial charge in [0.05, 0.1) is 6.20 Å². The number of nitrogens with zero attached hydrogens (tertiary/aromatic N) is 3. The molecular weight excluding hydrogens is 386 g/mol. The molecule has 0 fully saturated rings. The van der Waals surface area contributed by atoms with Gasteiger partial charge in [-0.2, -0.15) is 5.10 Å². The van der Waals surface area contributed by atoms with E-state index in [1.165, 1.54) is 11.1 Å². The molecular formula is C26H23N3O2. The summed E-state index contributed by atoms with van der Waals surface area (Å²) < 4.78 is 7.66. The molecule has 1 aliphatic heterocycles. The van der Waals surface area contributed by atoms with Gasteiger partial charge in [0.25, 0.3) is 5.91 Å². The van der Waals surface area contributed by atoms with E-state index in [-0.39, 0.29) is 11.8 Å². The molecule has 3 aromatic carbocycles. The van der Waals surface area contributed by atoms with E-state index in [2.05, 4.69) is 23.3 Å². The Bertz CT molecular complexity index is 1200. The number of amides is 1. The van der Waals surface area contributed by atoms with Crippen LogP contribution in [-0.4, -0.2) is 27.1 Å². The Balaban J connectivity index is 1.38. The van der Waals surface area contributed by atoms with Crippen LogP contribution in [0.2, 0.25) is 0 Å². The summed E-state index contributed by atoms with van der Waals surface area (Å²) in [4.78, 5) is 15.2. The van der Waals surface area contributed by atoms with Gasteiger partial charge in [0.2, 0.25) is 0 Å². The molecule has 5 heteroatoms. The maximum Gasteiger partial charge on any atom is 0.254 e. The molecule has 1 atom stereocenters. The summed E-state index contributed by atoms with van der Waals surface area (Å²) >= 11 is 0. The predicted octanol–water partition coefficient (Wildman–Crippen LogP) is 5.00. The first-order valence-corrected chi connectivity index (χ1v) is 10.4. The van der Waals surface area contributed by atoms with Crippen LogP contribution in [0.4, 0.5) is 0 Å². The number of fused-ring (bicyclic) bond motifs is 1. The van der Waals surface area contributed by atoms with Gasteiger partial charge in [-0.15, -0.1) is 0 Å². The minimum atomic E-state index is 0.0228. The second kappa shape index (κ2) is 8.11. The fourth-order valence-electron chi connectivity index (χ4n) is 4.14. The molecule has 4 aromatic rings. The Kier molecular flexibility index (Phi) is 5.00. The average Bonchev–Trinajstić information content (AvgIpc) is 3.25. The smallest absolute Gasteiger partial charge is 0.254 e. The number of carbonyl (C=O) groups is 1. The van der Waals surface area contributed by atoms with Crippen molar-refractivity contribution in [2.75, 3.05) is 6.54 Å². The molecule has 0 aliphatic carbocycles. The molecule has 0 bridgehead atoms. The van der Waals surface area contributed by atoms with Gasteiger partial charge in [0, 0.05) is 37.8 Å². The molecule has 5 nitrogen and oxygen atoms in total. The Morgan fingerprint density at radius 3 is 2.39 bits per heavy atom. The predicted molar refractivity (Wildman–Crippen MR) is 119 cm³/mol. The number of hydrogen-bond acceptors (Lipinski definition) is 3. The molecule has 0 spiro atoms. The Morgan fingerprint density at radius 1 is 0.935 bits per heavy atom. The third kappa shape index (κ3) is 3.94. The first-order valence-electron chi connectivity index (χ1n) is 10.4. The zero-order valence-electron chi connectivity index (χ0n) is 17.3. The summed E-state index contributed by atoms with van der Waals surface area (Å²) in [5.74, 6) is 1.62. The highest BCUT2D eigenvalue weighted by Gasteiger charge is 2.30. The van der Waals surface area contributed by atoms with Crippen LogP contribution in [0.3, 0.4) is 0 Å². The lowest BCUT2D eigenvalue weighted by atomic mass is 9.86. The fourth-order valence-corrected chi connectivity index (χ4v) is 4.14. The van der Waals surface area contributed by atoms with Crippen LogP contribution in [0.25, 0.3) is 0 Å². The second-order valence-corrected chi connectivity index (χ2v) is 7.82. The summed E-state index contributed by atoms with van der Waals surface area (Å²) in [5.41, 5.74) is 4.23. The molecule has 0 radical (unpaired) electrons. The van der Waals surface area contributed by atoms with E-state index in [4.69, 9.17) is 4.74 Å². The van der Waals surface area contributed by atoms with Gasteiger partial charge in [-0.05, 0) is 53.1 Å². The van der Waals surface area contributed by atoms with Crippen LogP contribution in [0.15, 0.2) is 91.3 Å². The maximum absolute atomic E-state index is 13.3. The summed E-state index contributed by atoms with van der Waals surface area (Å²) in [5, 5.41) is 4.34. The van der Waals surface area contributed by atoms with Crippen LogP contribution < -0.4 is 4.74 Å². The van der Waals surface area contributed by atoms with Gasteiger partial charge in [-0.1, -0.05) is 42.5 Å². The molecule has 2 heterocycles. The van der Waals surface area contributed by atoms with Crippen LogP contribution >= 0.6 is 0 Å². The molecule has 1 aliphatic rings.